The SMILES string of the molecule is CN(CCOc1ccccc1[N+](=O)[O-])CC(=O)N1CCOCC1. The van der Waals surface area contributed by atoms with Gasteiger partial charge in [0.25, 0.3) is 0 Å². The largest absolute Gasteiger partial charge is 0.485 e. The Bertz CT molecular complexity index is 546. The third kappa shape index (κ3) is 5.19. The molecule has 1 aliphatic heterocycles. The van der Waals surface area contributed by atoms with Gasteiger partial charge in [0, 0.05) is 25.7 Å². The average Bonchev–Trinajstić information content (AvgIpc) is 2.56. The Labute approximate surface area is 134 Å². The first-order chi connectivity index (χ1) is 11.1. The van der Waals surface area contributed by atoms with Gasteiger partial charge in [-0.25, -0.2) is 0 Å². The molecule has 1 fully saturated rings. The lowest BCUT2D eigenvalue weighted by Crippen LogP contribution is -2.45. The summed E-state index contributed by atoms with van der Waals surface area (Å²) in [5.41, 5.74) is -0.0560. The summed E-state index contributed by atoms with van der Waals surface area (Å²) in [6.07, 6.45) is 0. The molecule has 1 heterocycles. The van der Waals surface area contributed by atoms with Crippen LogP contribution in [0, 0.1) is 10.1 Å². The van der Waals surface area contributed by atoms with Crippen LogP contribution < -0.4 is 4.74 Å². The van der Waals surface area contributed by atoms with Crippen LogP contribution in [0.2, 0.25) is 0 Å². The highest BCUT2D eigenvalue weighted by Gasteiger charge is 2.18. The predicted molar refractivity (Wildman–Crippen MR) is 83.5 cm³/mol. The molecule has 2 rings (SSSR count). The molecule has 1 aromatic carbocycles. The van der Waals surface area contributed by atoms with Crippen molar-refractivity contribution in [2.24, 2.45) is 0 Å². The number of nitro groups is 1. The Morgan fingerprint density at radius 1 is 1.39 bits per heavy atom. The second kappa shape index (κ2) is 8.44. The predicted octanol–water partition coefficient (Wildman–Crippen LogP) is 0.764. The second-order valence-corrected chi connectivity index (χ2v) is 5.30. The zero-order valence-electron chi connectivity index (χ0n) is 13.1. The first-order valence-electron chi connectivity index (χ1n) is 7.48. The Morgan fingerprint density at radius 2 is 2.09 bits per heavy atom. The first kappa shape index (κ1) is 17.2. The van der Waals surface area contributed by atoms with E-state index < -0.39 is 4.92 Å². The van der Waals surface area contributed by atoms with Gasteiger partial charge < -0.3 is 14.4 Å². The molecule has 0 N–H and O–H groups in total. The number of hydrogen-bond donors (Lipinski definition) is 0. The number of benzene rings is 1. The van der Waals surface area contributed by atoms with Gasteiger partial charge in [-0.15, -0.1) is 0 Å². The minimum absolute atomic E-state index is 0.0560. The summed E-state index contributed by atoms with van der Waals surface area (Å²) >= 11 is 0. The lowest BCUT2D eigenvalue weighted by Gasteiger charge is -2.28. The van der Waals surface area contributed by atoms with Crippen LogP contribution in [0.1, 0.15) is 0 Å². The molecule has 0 unspecified atom stereocenters. The van der Waals surface area contributed by atoms with E-state index in [4.69, 9.17) is 9.47 Å². The third-order valence-corrected chi connectivity index (χ3v) is 3.56. The minimum atomic E-state index is -0.471. The van der Waals surface area contributed by atoms with Crippen LogP contribution >= 0.6 is 0 Å². The molecular formula is C15H21N3O5. The number of carbonyl (C=O) groups is 1. The number of likely N-dealkylation sites (N-methyl/N-ethyl adjacent to an activating group) is 1. The van der Waals surface area contributed by atoms with Gasteiger partial charge in [-0.1, -0.05) is 12.1 Å². The smallest absolute Gasteiger partial charge is 0.310 e. The standard InChI is InChI=1S/C15H21N3O5/c1-16(12-15(19)17-7-9-22-10-8-17)6-11-23-14-5-3-2-4-13(14)18(20)21/h2-5H,6-12H2,1H3. The van der Waals surface area contributed by atoms with Crippen molar-refractivity contribution in [2.45, 2.75) is 0 Å². The summed E-state index contributed by atoms with van der Waals surface area (Å²) in [5.74, 6) is 0.298. The molecule has 0 spiro atoms. The van der Waals surface area contributed by atoms with Gasteiger partial charge >= 0.3 is 5.69 Å². The number of nitro benzene ring substituents is 1. The number of ether oxygens (including phenoxy) is 2. The Morgan fingerprint density at radius 3 is 2.78 bits per heavy atom. The molecule has 0 saturated carbocycles. The van der Waals surface area contributed by atoms with Crippen molar-refractivity contribution >= 4 is 11.6 Å². The zero-order chi connectivity index (χ0) is 16.7. The summed E-state index contributed by atoms with van der Waals surface area (Å²) < 4.78 is 10.7. The van der Waals surface area contributed by atoms with Gasteiger partial charge in [0.15, 0.2) is 5.75 Å². The molecule has 0 aliphatic carbocycles. The highest BCUT2D eigenvalue weighted by atomic mass is 16.6. The zero-order valence-corrected chi connectivity index (χ0v) is 13.1. The molecule has 1 amide bonds. The Hall–Kier alpha value is -2.19. The van der Waals surface area contributed by atoms with Gasteiger partial charge in [0.1, 0.15) is 6.61 Å². The fourth-order valence-corrected chi connectivity index (χ4v) is 2.26. The third-order valence-electron chi connectivity index (χ3n) is 3.56. The Balaban J connectivity index is 1.75. The maximum Gasteiger partial charge on any atom is 0.310 e. The lowest BCUT2D eigenvalue weighted by atomic mass is 10.3. The fourth-order valence-electron chi connectivity index (χ4n) is 2.26. The number of amides is 1. The molecule has 0 aromatic heterocycles. The quantitative estimate of drug-likeness (QED) is 0.544. The molecule has 126 valence electrons. The summed E-state index contributed by atoms with van der Waals surface area (Å²) in [7, 11) is 1.82. The Kier molecular flexibility index (Phi) is 6.30. The number of rotatable bonds is 7. The molecule has 8 nitrogen and oxygen atoms in total. The van der Waals surface area contributed by atoms with Crippen molar-refractivity contribution in [3.05, 3.63) is 34.4 Å². The van der Waals surface area contributed by atoms with Gasteiger partial charge in [-0.2, -0.15) is 0 Å². The monoisotopic (exact) mass is 323 g/mol. The molecule has 23 heavy (non-hydrogen) atoms. The van der Waals surface area contributed by atoms with E-state index in [0.29, 0.717) is 39.4 Å². The highest BCUT2D eigenvalue weighted by Crippen LogP contribution is 2.25. The molecule has 1 saturated heterocycles. The van der Waals surface area contributed by atoms with Gasteiger partial charge in [0.2, 0.25) is 5.91 Å². The van der Waals surface area contributed by atoms with Crippen LogP contribution in [0.25, 0.3) is 0 Å². The summed E-state index contributed by atoms with van der Waals surface area (Å²) in [6, 6.07) is 6.25. The molecule has 0 bridgehead atoms. The van der Waals surface area contributed by atoms with Crippen molar-refractivity contribution in [3.63, 3.8) is 0 Å². The second-order valence-electron chi connectivity index (χ2n) is 5.30. The molecule has 0 radical (unpaired) electrons. The number of hydrogen-bond acceptors (Lipinski definition) is 6. The van der Waals surface area contributed by atoms with E-state index in [0.717, 1.165) is 0 Å². The summed E-state index contributed by atoms with van der Waals surface area (Å²) in [6.45, 7) is 3.48. The van der Waals surface area contributed by atoms with Crippen LogP contribution in [0.5, 0.6) is 5.75 Å². The lowest BCUT2D eigenvalue weighted by molar-refractivity contribution is -0.385. The molecule has 0 atom stereocenters. The molecular weight excluding hydrogens is 302 g/mol. The van der Waals surface area contributed by atoms with E-state index in [9.17, 15) is 14.9 Å². The molecule has 1 aromatic rings. The van der Waals surface area contributed by atoms with Crippen LogP contribution in [0.4, 0.5) is 5.69 Å². The first-order valence-corrected chi connectivity index (χ1v) is 7.48. The summed E-state index contributed by atoms with van der Waals surface area (Å²) in [5, 5.41) is 10.9. The maximum atomic E-state index is 12.1. The van der Waals surface area contributed by atoms with Gasteiger partial charge in [-0.05, 0) is 13.1 Å². The normalized spacial score (nSPS) is 14.8. The number of morpholine rings is 1. The minimum Gasteiger partial charge on any atom is -0.485 e. The number of para-hydroxylation sites is 2. The molecule has 1 aliphatic rings. The van der Waals surface area contributed by atoms with E-state index in [-0.39, 0.29) is 24.0 Å². The van der Waals surface area contributed by atoms with E-state index in [1.54, 1.807) is 23.1 Å². The van der Waals surface area contributed by atoms with Gasteiger partial charge in [-0.3, -0.25) is 19.8 Å². The van der Waals surface area contributed by atoms with Crippen molar-refractivity contribution in [2.75, 3.05) is 53.0 Å². The van der Waals surface area contributed by atoms with Crippen molar-refractivity contribution < 1.29 is 19.2 Å². The number of nitrogens with zero attached hydrogens (tertiary/aromatic N) is 3. The van der Waals surface area contributed by atoms with Gasteiger partial charge in [0.05, 0.1) is 24.7 Å². The van der Waals surface area contributed by atoms with E-state index in [2.05, 4.69) is 0 Å². The van der Waals surface area contributed by atoms with Crippen LogP contribution in [-0.2, 0) is 9.53 Å². The van der Waals surface area contributed by atoms with Crippen molar-refractivity contribution in [1.82, 2.24) is 9.80 Å². The summed E-state index contributed by atoms with van der Waals surface area (Å²) in [4.78, 5) is 26.1. The fraction of sp³-hybridized carbons (Fsp3) is 0.533. The van der Waals surface area contributed by atoms with Crippen molar-refractivity contribution in [3.8, 4) is 5.75 Å². The van der Waals surface area contributed by atoms with Crippen LogP contribution in [0.15, 0.2) is 24.3 Å². The topological polar surface area (TPSA) is 85.2 Å². The average molecular weight is 323 g/mol. The highest BCUT2D eigenvalue weighted by molar-refractivity contribution is 5.78. The number of carbonyl (C=O) groups excluding carboxylic acids is 1. The van der Waals surface area contributed by atoms with Crippen molar-refractivity contribution in [1.29, 1.82) is 0 Å². The van der Waals surface area contributed by atoms with Crippen LogP contribution in [0.3, 0.4) is 0 Å². The molecule has 8 heteroatoms. The van der Waals surface area contributed by atoms with Crippen LogP contribution in [-0.4, -0.2) is 73.7 Å². The maximum absolute atomic E-state index is 12.1. The van der Waals surface area contributed by atoms with E-state index in [1.807, 2.05) is 11.9 Å². The van der Waals surface area contributed by atoms with E-state index in [1.165, 1.54) is 6.07 Å². The van der Waals surface area contributed by atoms with E-state index >= 15 is 0 Å².